The van der Waals surface area contributed by atoms with Crippen molar-refractivity contribution in [3.63, 3.8) is 0 Å². The van der Waals surface area contributed by atoms with Crippen molar-refractivity contribution in [2.24, 2.45) is 0 Å². The molecule has 3 heterocycles. The molecule has 3 nitrogen and oxygen atoms in total. The molecule has 0 saturated carbocycles. The molecule has 0 bridgehead atoms. The topological polar surface area (TPSA) is 30.7 Å². The zero-order valence-corrected chi connectivity index (χ0v) is 23.3. The van der Waals surface area contributed by atoms with Gasteiger partial charge in [0.25, 0.3) is 0 Å². The zero-order valence-electron chi connectivity index (χ0n) is 23.3. The Hall–Kier alpha value is -5.80. The summed E-state index contributed by atoms with van der Waals surface area (Å²) in [6.45, 7) is 0. The number of hydrogen-bond acceptors (Lipinski definition) is 2. The smallest absolute Gasteiger partial charge is 0.0788 e. The fraction of sp³-hybridized carbons (Fsp3) is 0. The lowest BCUT2D eigenvalue weighted by Crippen LogP contribution is -1.94. The van der Waals surface area contributed by atoms with Gasteiger partial charge < -0.3 is 4.57 Å². The van der Waals surface area contributed by atoms with E-state index >= 15 is 0 Å². The van der Waals surface area contributed by atoms with Gasteiger partial charge in [0.2, 0.25) is 0 Å². The van der Waals surface area contributed by atoms with Gasteiger partial charge in [0.05, 0.1) is 33.5 Å². The van der Waals surface area contributed by atoms with Gasteiger partial charge in [0.1, 0.15) is 0 Å². The van der Waals surface area contributed by atoms with Crippen LogP contribution in [0.1, 0.15) is 0 Å². The van der Waals surface area contributed by atoms with Gasteiger partial charge in [-0.2, -0.15) is 0 Å². The third kappa shape index (κ3) is 3.68. The Bertz CT molecular complexity index is 2490. The highest BCUT2D eigenvalue weighted by Crippen LogP contribution is 2.42. The second-order valence-electron chi connectivity index (χ2n) is 11.0. The average molecular weight is 548 g/mol. The number of fused-ring (bicyclic) bond motifs is 8. The molecule has 0 atom stereocenters. The van der Waals surface area contributed by atoms with Crippen molar-refractivity contribution in [3.05, 3.63) is 152 Å². The standard InChI is InChI=1S/C40H25N3/c1-2-11-29(12-3-1)43-36-17-9-6-14-31(36)39-37(43)25-23-32-38(39)30-13-5-8-16-35(30)42-40(32)28-20-18-27(19-21-28)34-24-22-26-10-4-7-15-33(26)41-34/h1-25H. The van der Waals surface area contributed by atoms with Gasteiger partial charge in [-0.05, 0) is 42.5 Å². The molecule has 0 N–H and O–H groups in total. The number of rotatable bonds is 3. The van der Waals surface area contributed by atoms with Gasteiger partial charge in [0.15, 0.2) is 0 Å². The number of aromatic nitrogens is 3. The highest BCUT2D eigenvalue weighted by molar-refractivity contribution is 6.29. The molecule has 9 rings (SSSR count). The zero-order chi connectivity index (χ0) is 28.3. The van der Waals surface area contributed by atoms with Gasteiger partial charge >= 0.3 is 0 Å². The lowest BCUT2D eigenvalue weighted by Gasteiger charge is -2.13. The Kier molecular flexibility index (Phi) is 5.20. The monoisotopic (exact) mass is 547 g/mol. The normalized spacial score (nSPS) is 11.7. The van der Waals surface area contributed by atoms with Crippen molar-refractivity contribution in [1.29, 1.82) is 0 Å². The second-order valence-corrected chi connectivity index (χ2v) is 11.0. The van der Waals surface area contributed by atoms with Crippen LogP contribution in [0.4, 0.5) is 0 Å². The van der Waals surface area contributed by atoms with Crippen molar-refractivity contribution < 1.29 is 0 Å². The molecular weight excluding hydrogens is 522 g/mol. The van der Waals surface area contributed by atoms with E-state index in [1.54, 1.807) is 0 Å². The summed E-state index contributed by atoms with van der Waals surface area (Å²) < 4.78 is 2.38. The van der Waals surface area contributed by atoms with Crippen molar-refractivity contribution in [1.82, 2.24) is 14.5 Å². The predicted molar refractivity (Wildman–Crippen MR) is 180 cm³/mol. The molecule has 0 spiro atoms. The molecule has 0 saturated heterocycles. The molecule has 0 radical (unpaired) electrons. The fourth-order valence-corrected chi connectivity index (χ4v) is 6.60. The molecule has 0 amide bonds. The van der Waals surface area contributed by atoms with Gasteiger partial charge in [-0.3, -0.25) is 0 Å². The molecule has 9 aromatic rings. The van der Waals surface area contributed by atoms with E-state index in [0.29, 0.717) is 0 Å². The van der Waals surface area contributed by atoms with Crippen molar-refractivity contribution in [2.45, 2.75) is 0 Å². The molecule has 3 heteroatoms. The van der Waals surface area contributed by atoms with Crippen molar-refractivity contribution in [3.8, 4) is 28.2 Å². The molecule has 6 aromatic carbocycles. The van der Waals surface area contributed by atoms with Crippen LogP contribution < -0.4 is 0 Å². The van der Waals surface area contributed by atoms with E-state index in [4.69, 9.17) is 9.97 Å². The predicted octanol–water partition coefficient (Wildman–Crippen LogP) is 10.4. The lowest BCUT2D eigenvalue weighted by atomic mass is 9.95. The maximum atomic E-state index is 5.25. The van der Waals surface area contributed by atoms with Crippen LogP contribution in [0, 0.1) is 0 Å². The average Bonchev–Trinajstić information content (AvgIpc) is 3.42. The number of hydrogen-bond donors (Lipinski definition) is 0. The summed E-state index contributed by atoms with van der Waals surface area (Å²) in [6.07, 6.45) is 0. The van der Waals surface area contributed by atoms with Crippen LogP contribution in [0.2, 0.25) is 0 Å². The third-order valence-corrected chi connectivity index (χ3v) is 8.57. The molecule has 0 aliphatic heterocycles. The number of para-hydroxylation sites is 4. The maximum Gasteiger partial charge on any atom is 0.0788 e. The van der Waals surface area contributed by atoms with E-state index in [1.165, 1.54) is 32.6 Å². The molecule has 3 aromatic heterocycles. The summed E-state index contributed by atoms with van der Waals surface area (Å²) in [6, 6.07) is 53.6. The highest BCUT2D eigenvalue weighted by atomic mass is 15.0. The molecule has 0 aliphatic carbocycles. The Morgan fingerprint density at radius 3 is 1.95 bits per heavy atom. The van der Waals surface area contributed by atoms with Crippen LogP contribution >= 0.6 is 0 Å². The summed E-state index contributed by atoms with van der Waals surface area (Å²) in [4.78, 5) is 10.2. The summed E-state index contributed by atoms with van der Waals surface area (Å²) in [5, 5.41) is 7.21. The van der Waals surface area contributed by atoms with Crippen LogP contribution in [0.5, 0.6) is 0 Å². The summed E-state index contributed by atoms with van der Waals surface area (Å²) >= 11 is 0. The Labute approximate surface area is 248 Å². The van der Waals surface area contributed by atoms with Crippen LogP contribution in [0.3, 0.4) is 0 Å². The first-order chi connectivity index (χ1) is 21.3. The first kappa shape index (κ1) is 23.9. The van der Waals surface area contributed by atoms with E-state index in [0.717, 1.165) is 50.0 Å². The van der Waals surface area contributed by atoms with Crippen molar-refractivity contribution in [2.75, 3.05) is 0 Å². The quantitative estimate of drug-likeness (QED) is 0.206. The van der Waals surface area contributed by atoms with E-state index in [1.807, 2.05) is 12.1 Å². The first-order valence-electron chi connectivity index (χ1n) is 14.6. The van der Waals surface area contributed by atoms with Gasteiger partial charge in [-0.15, -0.1) is 0 Å². The van der Waals surface area contributed by atoms with Crippen molar-refractivity contribution >= 4 is 54.4 Å². The number of benzene rings is 6. The Balaban J connectivity index is 1.31. The van der Waals surface area contributed by atoms with E-state index in [9.17, 15) is 0 Å². The number of nitrogens with zero attached hydrogens (tertiary/aromatic N) is 3. The van der Waals surface area contributed by atoms with E-state index in [2.05, 4.69) is 144 Å². The Morgan fingerprint density at radius 1 is 0.395 bits per heavy atom. The molecule has 0 unspecified atom stereocenters. The maximum absolute atomic E-state index is 5.25. The van der Waals surface area contributed by atoms with Gasteiger partial charge in [-0.1, -0.05) is 109 Å². The lowest BCUT2D eigenvalue weighted by molar-refractivity contribution is 1.18. The second kappa shape index (κ2) is 9.37. The summed E-state index contributed by atoms with van der Waals surface area (Å²) in [7, 11) is 0. The largest absolute Gasteiger partial charge is 0.309 e. The highest BCUT2D eigenvalue weighted by Gasteiger charge is 2.19. The molecule has 200 valence electrons. The minimum atomic E-state index is 0.969. The number of pyridine rings is 2. The summed E-state index contributed by atoms with van der Waals surface area (Å²) in [5.74, 6) is 0. The minimum absolute atomic E-state index is 0.969. The van der Waals surface area contributed by atoms with Gasteiger partial charge in [0, 0.05) is 49.1 Å². The van der Waals surface area contributed by atoms with Crippen LogP contribution in [0.15, 0.2) is 152 Å². The van der Waals surface area contributed by atoms with E-state index < -0.39 is 0 Å². The fourth-order valence-electron chi connectivity index (χ4n) is 6.60. The Morgan fingerprint density at radius 2 is 1.09 bits per heavy atom. The first-order valence-corrected chi connectivity index (χ1v) is 14.6. The minimum Gasteiger partial charge on any atom is -0.309 e. The third-order valence-electron chi connectivity index (χ3n) is 8.57. The molecule has 43 heavy (non-hydrogen) atoms. The van der Waals surface area contributed by atoms with E-state index in [-0.39, 0.29) is 0 Å². The summed E-state index contributed by atoms with van der Waals surface area (Å²) in [5.41, 5.74) is 9.69. The van der Waals surface area contributed by atoms with Crippen LogP contribution in [0.25, 0.3) is 82.6 Å². The van der Waals surface area contributed by atoms with Crippen LogP contribution in [-0.4, -0.2) is 14.5 Å². The van der Waals surface area contributed by atoms with Gasteiger partial charge in [-0.25, -0.2) is 9.97 Å². The SMILES string of the molecule is c1ccc(-n2c3ccccc3c3c4c(ccc32)c(-c2ccc(-c3ccc5ccccc5n3)cc2)nc2ccccc24)cc1. The molecule has 0 fully saturated rings. The molecule has 0 aliphatic rings. The van der Waals surface area contributed by atoms with Crippen LogP contribution in [-0.2, 0) is 0 Å². The molecular formula is C40H25N3.